The van der Waals surface area contributed by atoms with E-state index in [1.807, 2.05) is 111 Å². The second kappa shape index (κ2) is 20.6. The summed E-state index contributed by atoms with van der Waals surface area (Å²) in [7, 11) is -2.14. The lowest BCUT2D eigenvalue weighted by Gasteiger charge is -2.41. The lowest BCUT2D eigenvalue weighted by atomic mass is 9.72. The molecule has 3 saturated heterocycles. The van der Waals surface area contributed by atoms with Crippen LogP contribution in [0, 0.1) is 0 Å². The molecule has 74 heavy (non-hydrogen) atoms. The van der Waals surface area contributed by atoms with Gasteiger partial charge in [0.25, 0.3) is 0 Å². The third-order valence-corrected chi connectivity index (χ3v) is 15.6. The third kappa shape index (κ3) is 9.37. The van der Waals surface area contributed by atoms with Gasteiger partial charge in [0.05, 0.1) is 18.2 Å². The number of hydrogen-bond acceptors (Lipinski definition) is 9. The zero-order valence-electron chi connectivity index (χ0n) is 41.3. The minimum atomic E-state index is -2.14. The van der Waals surface area contributed by atoms with Crippen LogP contribution in [0.15, 0.2) is 247 Å². The number of ether oxygens (including phenoxy) is 4. The number of hydrogen-bond donors (Lipinski definition) is 1. The topological polar surface area (TPSA) is 89.0 Å². The van der Waals surface area contributed by atoms with Crippen LogP contribution in [0.2, 0.25) is 0 Å². The Hall–Kier alpha value is -7.20. The molecule has 4 aliphatic heterocycles. The van der Waals surface area contributed by atoms with Crippen molar-refractivity contribution in [2.45, 2.75) is 68.2 Å². The Morgan fingerprint density at radius 1 is 0.514 bits per heavy atom. The molecule has 1 N–H and O–H groups in total. The summed E-state index contributed by atoms with van der Waals surface area (Å²) in [5, 5.41) is 3.65. The van der Waals surface area contributed by atoms with Crippen LogP contribution in [-0.2, 0) is 56.7 Å². The average molecular weight is 997 g/mol. The van der Waals surface area contributed by atoms with Crippen molar-refractivity contribution in [2.24, 2.45) is 4.99 Å². The number of rotatable bonds is 13. The van der Waals surface area contributed by atoms with E-state index in [1.54, 1.807) is 0 Å². The average Bonchev–Trinajstić information content (AvgIpc) is 4.24. The van der Waals surface area contributed by atoms with E-state index in [9.17, 15) is 0 Å². The highest BCUT2D eigenvalue weighted by Crippen LogP contribution is 2.65. The molecule has 9 nitrogen and oxygen atoms in total. The molecule has 10 heteroatoms. The fourth-order valence-corrected chi connectivity index (χ4v) is 12.2. The molecule has 370 valence electrons. The predicted octanol–water partition coefficient (Wildman–Crippen LogP) is 13.8. The summed E-state index contributed by atoms with van der Waals surface area (Å²) in [5.41, 5.74) is 8.65. The zero-order chi connectivity index (χ0) is 50.0. The maximum Gasteiger partial charge on any atom is 0.335 e. The van der Waals surface area contributed by atoms with Crippen LogP contribution in [0.25, 0.3) is 11.1 Å². The van der Waals surface area contributed by atoms with E-state index < -0.39 is 37.8 Å². The third-order valence-electron chi connectivity index (χ3n) is 14.4. The first-order valence-electron chi connectivity index (χ1n) is 25.4. The van der Waals surface area contributed by atoms with E-state index in [0.29, 0.717) is 31.4 Å². The summed E-state index contributed by atoms with van der Waals surface area (Å²) >= 11 is 0. The van der Waals surface area contributed by atoms with Crippen LogP contribution in [0.5, 0.6) is 0 Å². The van der Waals surface area contributed by atoms with Gasteiger partial charge in [-0.15, -0.1) is 0 Å². The normalized spacial score (nSPS) is 22.3. The molecule has 0 aliphatic carbocycles. The number of fused-ring (bicyclic) bond motifs is 1. The van der Waals surface area contributed by atoms with Crippen LogP contribution in [0.1, 0.15) is 70.4 Å². The Morgan fingerprint density at radius 3 is 1.42 bits per heavy atom. The standard InChI is InChI=1S/C64H57N2O7P/c1-62(2)70-58-59(71-62)64(53-29-17-7-18-30-53,54-31-19-8-20-32-54)73-74(72-63(58,51-25-13-5-14-26-51)52-27-15-6-16-28-52)69-42-46-35-39-48(40-36-46)47-37-33-45(34-38-47)41-55(60-65-56(43-67-60)49-21-9-3-10-22-49)61-66-57(44-68-61)50-23-11-4-12-24-50/h3-40,56-59,65H,41-44H2,1-2H3/b60-55+/t56-,57-,58-,59-/m1/s1. The molecule has 3 fully saturated rings. The molecule has 8 aromatic carbocycles. The predicted molar refractivity (Wildman–Crippen MR) is 288 cm³/mol. The number of aliphatic imine (C=N–C) groups is 1. The lowest BCUT2D eigenvalue weighted by Crippen LogP contribution is -2.53. The SMILES string of the molecule is CC1(C)O[C@@H]2[C@@H](O1)C(c1ccccc1)(c1ccccc1)OP(OCc1ccc(-c3ccc(C/C(C4=N[C@@H](c5ccccc5)CO4)=C4/N[C@@H](c5ccccc5)CO4)cc3)cc1)OC2(c1ccccc1)c1ccccc1. The Kier molecular flexibility index (Phi) is 13.3. The smallest absolute Gasteiger partial charge is 0.335 e. The highest BCUT2D eigenvalue weighted by atomic mass is 31.2. The number of nitrogens with one attached hydrogen (secondary N) is 1. The minimum Gasteiger partial charge on any atom is -0.476 e. The number of nitrogens with zero attached hydrogens (tertiary/aromatic N) is 1. The van der Waals surface area contributed by atoms with E-state index in [-0.39, 0.29) is 18.7 Å². The first-order valence-corrected chi connectivity index (χ1v) is 26.4. The summed E-state index contributed by atoms with van der Waals surface area (Å²) in [4.78, 5) is 5.09. The van der Waals surface area contributed by atoms with Crippen LogP contribution in [-0.4, -0.2) is 37.1 Å². The molecule has 12 rings (SSSR count). The van der Waals surface area contributed by atoms with Crippen molar-refractivity contribution >= 4 is 14.5 Å². The van der Waals surface area contributed by atoms with Crippen molar-refractivity contribution in [2.75, 3.05) is 13.2 Å². The Bertz CT molecular complexity index is 3040. The van der Waals surface area contributed by atoms with E-state index in [4.69, 9.17) is 37.5 Å². The first-order chi connectivity index (χ1) is 36.3. The van der Waals surface area contributed by atoms with Gasteiger partial charge in [-0.25, -0.2) is 4.99 Å². The molecule has 0 saturated carbocycles. The Labute approximate surface area is 434 Å². The monoisotopic (exact) mass is 996 g/mol. The maximum absolute atomic E-state index is 7.53. The highest BCUT2D eigenvalue weighted by molar-refractivity contribution is 7.41. The lowest BCUT2D eigenvalue weighted by molar-refractivity contribution is -0.176. The maximum atomic E-state index is 7.53. The van der Waals surface area contributed by atoms with Gasteiger partial charge in [0.2, 0.25) is 5.90 Å². The Morgan fingerprint density at radius 2 is 0.946 bits per heavy atom. The van der Waals surface area contributed by atoms with Crippen LogP contribution >= 0.6 is 8.60 Å². The first kappa shape index (κ1) is 47.8. The summed E-state index contributed by atoms with van der Waals surface area (Å²) in [6.07, 6.45) is -0.801. The van der Waals surface area contributed by atoms with Gasteiger partial charge in [0.1, 0.15) is 31.5 Å². The van der Waals surface area contributed by atoms with Gasteiger partial charge in [-0.1, -0.05) is 231 Å². The van der Waals surface area contributed by atoms with Gasteiger partial charge in [0.15, 0.2) is 22.9 Å². The zero-order valence-corrected chi connectivity index (χ0v) is 42.2. The molecule has 0 unspecified atom stereocenters. The van der Waals surface area contributed by atoms with Crippen molar-refractivity contribution < 1.29 is 32.5 Å². The van der Waals surface area contributed by atoms with Gasteiger partial charge >= 0.3 is 8.60 Å². The number of benzene rings is 8. The van der Waals surface area contributed by atoms with Crippen LogP contribution in [0.4, 0.5) is 0 Å². The fraction of sp³-hybridized carbons (Fsp3) is 0.203. The molecular weight excluding hydrogens is 940 g/mol. The summed E-state index contributed by atoms with van der Waals surface area (Å²) in [5.74, 6) is 0.332. The quantitative estimate of drug-likeness (QED) is 0.114. The van der Waals surface area contributed by atoms with Crippen molar-refractivity contribution in [1.29, 1.82) is 0 Å². The van der Waals surface area contributed by atoms with Crippen molar-refractivity contribution in [3.8, 4) is 11.1 Å². The molecule has 0 aromatic heterocycles. The molecule has 8 aromatic rings. The molecule has 4 heterocycles. The molecular formula is C64H57N2O7P. The molecule has 0 bridgehead atoms. The van der Waals surface area contributed by atoms with Gasteiger partial charge in [-0.3, -0.25) is 9.05 Å². The molecule has 4 atom stereocenters. The molecule has 0 spiro atoms. The summed E-state index contributed by atoms with van der Waals surface area (Å²) < 4.78 is 49.0. The molecule has 0 amide bonds. The van der Waals surface area contributed by atoms with E-state index >= 15 is 0 Å². The van der Waals surface area contributed by atoms with Crippen molar-refractivity contribution in [3.63, 3.8) is 0 Å². The van der Waals surface area contributed by atoms with Gasteiger partial charge in [0, 0.05) is 6.42 Å². The second-order valence-corrected chi connectivity index (χ2v) is 20.6. The van der Waals surface area contributed by atoms with Crippen LogP contribution < -0.4 is 5.32 Å². The second-order valence-electron chi connectivity index (χ2n) is 19.6. The minimum absolute atomic E-state index is 0.0305. The van der Waals surface area contributed by atoms with E-state index in [1.165, 1.54) is 5.56 Å². The van der Waals surface area contributed by atoms with Gasteiger partial charge in [-0.05, 0) is 69.5 Å². The Balaban J connectivity index is 0.835. The fourth-order valence-electron chi connectivity index (χ4n) is 10.7. The molecule has 0 radical (unpaired) electrons. The van der Waals surface area contributed by atoms with Crippen molar-refractivity contribution in [1.82, 2.24) is 5.32 Å². The van der Waals surface area contributed by atoms with E-state index in [0.717, 1.165) is 55.6 Å². The van der Waals surface area contributed by atoms with Gasteiger partial charge in [-0.2, -0.15) is 0 Å². The summed E-state index contributed by atoms with van der Waals surface area (Å²) in [6, 6.07) is 78.9. The largest absolute Gasteiger partial charge is 0.476 e. The van der Waals surface area contributed by atoms with Crippen molar-refractivity contribution in [3.05, 3.63) is 286 Å². The van der Waals surface area contributed by atoms with Crippen LogP contribution in [0.3, 0.4) is 0 Å². The van der Waals surface area contributed by atoms with E-state index in [2.05, 4.69) is 139 Å². The summed E-state index contributed by atoms with van der Waals surface area (Å²) in [6.45, 7) is 5.15. The highest BCUT2D eigenvalue weighted by Gasteiger charge is 2.67. The van der Waals surface area contributed by atoms with Gasteiger partial charge < -0.3 is 28.8 Å². The molecule has 4 aliphatic rings.